The Balaban J connectivity index is 2.26. The second kappa shape index (κ2) is 9.13. The van der Waals surface area contributed by atoms with Crippen LogP contribution in [0.1, 0.15) is 65.7 Å². The van der Waals surface area contributed by atoms with E-state index in [-0.39, 0.29) is 11.3 Å². The van der Waals surface area contributed by atoms with E-state index in [0.717, 1.165) is 45.3 Å². The number of hydrogen-bond acceptors (Lipinski definition) is 3. The second-order valence-corrected chi connectivity index (χ2v) is 7.51. The molecule has 1 rings (SSSR count). The summed E-state index contributed by atoms with van der Waals surface area (Å²) in [5.41, 5.74) is 0.0709. The lowest BCUT2D eigenvalue weighted by Crippen LogP contribution is -2.41. The number of rotatable bonds is 8. The minimum atomic E-state index is -0.943. The summed E-state index contributed by atoms with van der Waals surface area (Å²) < 4.78 is 5.32. The number of carboxylic acid groups (broad SMARTS) is 1. The van der Waals surface area contributed by atoms with Crippen LogP contribution in [0, 0.1) is 11.3 Å². The van der Waals surface area contributed by atoms with Gasteiger partial charge in [-0.05, 0) is 49.9 Å². The summed E-state index contributed by atoms with van der Waals surface area (Å²) >= 11 is 0. The number of ether oxygens (including phenoxy) is 1. The van der Waals surface area contributed by atoms with Gasteiger partial charge in [0, 0.05) is 19.6 Å². The highest BCUT2D eigenvalue weighted by atomic mass is 16.5. The lowest BCUT2D eigenvalue weighted by molar-refractivity contribution is -0.142. The van der Waals surface area contributed by atoms with Crippen LogP contribution in [0.5, 0.6) is 0 Å². The Kier molecular flexibility index (Phi) is 7.87. The molecule has 1 unspecified atom stereocenters. The van der Waals surface area contributed by atoms with Gasteiger partial charge in [-0.1, -0.05) is 20.8 Å². The molecule has 1 heterocycles. The van der Waals surface area contributed by atoms with Gasteiger partial charge in [0.1, 0.15) is 6.04 Å². The van der Waals surface area contributed by atoms with Crippen molar-refractivity contribution in [3.63, 3.8) is 0 Å². The van der Waals surface area contributed by atoms with Crippen molar-refractivity contribution in [3.8, 4) is 0 Å². The predicted molar refractivity (Wildman–Crippen MR) is 85.6 cm³/mol. The molecule has 1 fully saturated rings. The van der Waals surface area contributed by atoms with Gasteiger partial charge in [-0.15, -0.1) is 0 Å². The Hall–Kier alpha value is -1.10. The molecule has 128 valence electrons. The molecule has 1 aliphatic heterocycles. The van der Waals surface area contributed by atoms with Gasteiger partial charge < -0.3 is 15.2 Å². The molecule has 0 bridgehead atoms. The van der Waals surface area contributed by atoms with Crippen molar-refractivity contribution in [2.24, 2.45) is 11.3 Å². The summed E-state index contributed by atoms with van der Waals surface area (Å²) in [6.07, 6.45) is 5.65. The zero-order valence-electron chi connectivity index (χ0n) is 14.2. The van der Waals surface area contributed by atoms with E-state index < -0.39 is 12.0 Å². The van der Waals surface area contributed by atoms with Crippen LogP contribution in [0.4, 0.5) is 0 Å². The fourth-order valence-electron chi connectivity index (χ4n) is 2.69. The molecule has 5 heteroatoms. The van der Waals surface area contributed by atoms with E-state index in [1.165, 1.54) is 0 Å². The smallest absolute Gasteiger partial charge is 0.326 e. The maximum absolute atomic E-state index is 11.9. The van der Waals surface area contributed by atoms with Crippen LogP contribution in [-0.2, 0) is 14.3 Å². The Labute approximate surface area is 133 Å². The third-order valence-corrected chi connectivity index (χ3v) is 4.17. The molecule has 0 aromatic heterocycles. The molecule has 0 aromatic carbocycles. The van der Waals surface area contributed by atoms with Crippen molar-refractivity contribution in [2.75, 3.05) is 13.2 Å². The van der Waals surface area contributed by atoms with E-state index in [4.69, 9.17) is 4.74 Å². The molecule has 0 aliphatic carbocycles. The molecule has 0 radical (unpaired) electrons. The molecule has 22 heavy (non-hydrogen) atoms. The number of carboxylic acids is 1. The maximum atomic E-state index is 11.9. The van der Waals surface area contributed by atoms with Gasteiger partial charge in [-0.2, -0.15) is 0 Å². The van der Waals surface area contributed by atoms with Gasteiger partial charge in [0.25, 0.3) is 0 Å². The van der Waals surface area contributed by atoms with Crippen LogP contribution in [0.2, 0.25) is 0 Å². The van der Waals surface area contributed by atoms with Crippen LogP contribution in [0.3, 0.4) is 0 Å². The van der Waals surface area contributed by atoms with Gasteiger partial charge in [0.05, 0.1) is 0 Å². The van der Waals surface area contributed by atoms with Crippen LogP contribution in [0.15, 0.2) is 0 Å². The van der Waals surface area contributed by atoms with Crippen LogP contribution >= 0.6 is 0 Å². The van der Waals surface area contributed by atoms with Gasteiger partial charge in [-0.25, -0.2) is 4.79 Å². The summed E-state index contributed by atoms with van der Waals surface area (Å²) in [5, 5.41) is 11.9. The summed E-state index contributed by atoms with van der Waals surface area (Å²) in [6.45, 7) is 7.86. The Morgan fingerprint density at radius 1 is 1.27 bits per heavy atom. The SMILES string of the molecule is CC(C)(C)CCC(NC(=O)CCCC1CCOCC1)C(=O)O. The second-order valence-electron chi connectivity index (χ2n) is 7.51. The van der Waals surface area contributed by atoms with Crippen LogP contribution in [-0.4, -0.2) is 36.2 Å². The van der Waals surface area contributed by atoms with Crippen LogP contribution < -0.4 is 5.32 Å². The first kappa shape index (κ1) is 18.9. The molecule has 1 saturated heterocycles. The first-order chi connectivity index (χ1) is 10.3. The molecule has 0 aromatic rings. The van der Waals surface area contributed by atoms with Gasteiger partial charge in [-0.3, -0.25) is 4.79 Å². The average Bonchev–Trinajstić information content (AvgIpc) is 2.43. The quantitative estimate of drug-likeness (QED) is 0.722. The number of nitrogens with one attached hydrogen (secondary N) is 1. The van der Waals surface area contributed by atoms with Crippen LogP contribution in [0.25, 0.3) is 0 Å². The number of carbonyl (C=O) groups excluding carboxylic acids is 1. The molecule has 1 atom stereocenters. The first-order valence-corrected chi connectivity index (χ1v) is 8.38. The Morgan fingerprint density at radius 2 is 1.91 bits per heavy atom. The summed E-state index contributed by atoms with van der Waals surface area (Å²) in [7, 11) is 0. The Morgan fingerprint density at radius 3 is 2.45 bits per heavy atom. The highest BCUT2D eigenvalue weighted by Crippen LogP contribution is 2.22. The molecule has 2 N–H and O–H groups in total. The molecular formula is C17H31NO4. The third-order valence-electron chi connectivity index (χ3n) is 4.17. The van der Waals surface area contributed by atoms with Crippen molar-refractivity contribution >= 4 is 11.9 Å². The average molecular weight is 313 g/mol. The van der Waals surface area contributed by atoms with Gasteiger partial charge in [0.2, 0.25) is 5.91 Å². The number of carbonyl (C=O) groups is 2. The number of hydrogen-bond donors (Lipinski definition) is 2. The zero-order chi connectivity index (χ0) is 16.6. The van der Waals surface area contributed by atoms with E-state index in [1.807, 2.05) is 0 Å². The fourth-order valence-corrected chi connectivity index (χ4v) is 2.69. The molecule has 0 spiro atoms. The Bertz CT molecular complexity index is 356. The van der Waals surface area contributed by atoms with Gasteiger partial charge in [0.15, 0.2) is 0 Å². The third kappa shape index (κ3) is 8.37. The standard InChI is InChI=1S/C17H31NO4/c1-17(2,3)10-7-14(16(20)21)18-15(19)6-4-5-13-8-11-22-12-9-13/h13-14H,4-12H2,1-3H3,(H,18,19)(H,20,21). The van der Waals surface area contributed by atoms with Crippen molar-refractivity contribution in [3.05, 3.63) is 0 Å². The summed E-state index contributed by atoms with van der Waals surface area (Å²) in [4.78, 5) is 23.2. The number of aliphatic carboxylic acids is 1. The largest absolute Gasteiger partial charge is 0.480 e. The zero-order valence-corrected chi connectivity index (χ0v) is 14.2. The van der Waals surface area contributed by atoms with Crippen molar-refractivity contribution in [1.82, 2.24) is 5.32 Å². The molecule has 1 amide bonds. The molecule has 1 aliphatic rings. The monoisotopic (exact) mass is 313 g/mol. The van der Waals surface area contributed by atoms with Crippen molar-refractivity contribution in [2.45, 2.75) is 71.8 Å². The van der Waals surface area contributed by atoms with E-state index in [9.17, 15) is 14.7 Å². The fraction of sp³-hybridized carbons (Fsp3) is 0.882. The minimum absolute atomic E-state index is 0.0709. The number of amides is 1. The van der Waals surface area contributed by atoms with Crippen molar-refractivity contribution < 1.29 is 19.4 Å². The first-order valence-electron chi connectivity index (χ1n) is 8.38. The highest BCUT2D eigenvalue weighted by molar-refractivity contribution is 5.83. The molecule has 5 nitrogen and oxygen atoms in total. The predicted octanol–water partition coefficient (Wildman–Crippen LogP) is 2.98. The minimum Gasteiger partial charge on any atom is -0.480 e. The van der Waals surface area contributed by atoms with E-state index in [2.05, 4.69) is 26.1 Å². The summed E-state index contributed by atoms with van der Waals surface area (Å²) in [6, 6.07) is -0.769. The van der Waals surface area contributed by atoms with Gasteiger partial charge >= 0.3 is 5.97 Å². The summed E-state index contributed by atoms with van der Waals surface area (Å²) in [5.74, 6) is -0.437. The van der Waals surface area contributed by atoms with E-state index >= 15 is 0 Å². The lowest BCUT2D eigenvalue weighted by Gasteiger charge is -2.22. The van der Waals surface area contributed by atoms with Crippen molar-refractivity contribution in [1.29, 1.82) is 0 Å². The molecule has 0 saturated carbocycles. The lowest BCUT2D eigenvalue weighted by atomic mass is 9.88. The van der Waals surface area contributed by atoms with E-state index in [1.54, 1.807) is 0 Å². The maximum Gasteiger partial charge on any atom is 0.326 e. The highest BCUT2D eigenvalue weighted by Gasteiger charge is 2.22. The van der Waals surface area contributed by atoms with E-state index in [0.29, 0.717) is 18.8 Å². The molecular weight excluding hydrogens is 282 g/mol. The normalized spacial score (nSPS) is 18.0. The topological polar surface area (TPSA) is 75.6 Å².